The van der Waals surface area contributed by atoms with Gasteiger partial charge in [-0.15, -0.1) is 23.2 Å². The van der Waals surface area contributed by atoms with Gasteiger partial charge in [-0.05, 0) is 31.4 Å². The number of carbonyl (C=O) groups is 1. The maximum absolute atomic E-state index is 11.5. The van der Waals surface area contributed by atoms with Gasteiger partial charge >= 0.3 is 6.03 Å². The molecule has 5 heteroatoms. The molecule has 0 saturated heterocycles. The Hall–Kier alpha value is -0.930. The van der Waals surface area contributed by atoms with Crippen molar-refractivity contribution in [3.05, 3.63) is 35.4 Å². The van der Waals surface area contributed by atoms with Crippen molar-refractivity contribution >= 4 is 29.2 Å². The van der Waals surface area contributed by atoms with Crippen LogP contribution in [0.15, 0.2) is 24.3 Å². The number of urea groups is 1. The van der Waals surface area contributed by atoms with Crippen molar-refractivity contribution in [1.82, 2.24) is 10.6 Å². The van der Waals surface area contributed by atoms with E-state index in [1.807, 2.05) is 32.0 Å². The Balaban J connectivity index is 2.29. The number of hydrogen-bond acceptors (Lipinski definition) is 1. The molecule has 1 saturated carbocycles. The third-order valence-electron chi connectivity index (χ3n) is 4.13. The summed E-state index contributed by atoms with van der Waals surface area (Å²) in [7, 11) is 1.60. The molecule has 1 aliphatic carbocycles. The van der Waals surface area contributed by atoms with Crippen molar-refractivity contribution in [2.24, 2.45) is 0 Å². The van der Waals surface area contributed by atoms with Crippen LogP contribution in [0.1, 0.15) is 38.3 Å². The summed E-state index contributed by atoms with van der Waals surface area (Å²) in [6.07, 6.45) is 0.746. The van der Waals surface area contributed by atoms with Gasteiger partial charge in [-0.3, -0.25) is 0 Å². The second kappa shape index (κ2) is 4.81. The van der Waals surface area contributed by atoms with Gasteiger partial charge in [0.2, 0.25) is 0 Å². The van der Waals surface area contributed by atoms with Crippen molar-refractivity contribution in [3.8, 4) is 0 Å². The topological polar surface area (TPSA) is 41.1 Å². The van der Waals surface area contributed by atoms with E-state index in [0.29, 0.717) is 0 Å². The number of nitrogens with one attached hydrogen (secondary N) is 2. The lowest BCUT2D eigenvalue weighted by molar-refractivity contribution is 0.232. The maximum Gasteiger partial charge on any atom is 0.315 e. The maximum atomic E-state index is 11.5. The van der Waals surface area contributed by atoms with Crippen LogP contribution in [0.5, 0.6) is 0 Å². The van der Waals surface area contributed by atoms with Crippen molar-refractivity contribution in [2.45, 2.75) is 42.5 Å². The molecule has 0 aliphatic heterocycles. The highest BCUT2D eigenvalue weighted by Crippen LogP contribution is 2.64. The zero-order valence-corrected chi connectivity index (χ0v) is 13.7. The number of rotatable bonds is 3. The van der Waals surface area contributed by atoms with Gasteiger partial charge < -0.3 is 10.6 Å². The molecule has 1 fully saturated rings. The Morgan fingerprint density at radius 3 is 2.45 bits per heavy atom. The molecule has 110 valence electrons. The average Bonchev–Trinajstić information content (AvgIpc) is 2.89. The van der Waals surface area contributed by atoms with Crippen LogP contribution in [0.4, 0.5) is 4.79 Å². The minimum atomic E-state index is -0.690. The second-order valence-electron chi connectivity index (χ2n) is 6.12. The fraction of sp³-hybridized carbons (Fsp3) is 0.533. The van der Waals surface area contributed by atoms with Gasteiger partial charge in [0.15, 0.2) is 0 Å². The van der Waals surface area contributed by atoms with Crippen molar-refractivity contribution in [1.29, 1.82) is 0 Å². The van der Waals surface area contributed by atoms with Gasteiger partial charge in [0.25, 0.3) is 0 Å². The molecule has 0 spiro atoms. The van der Waals surface area contributed by atoms with E-state index in [1.54, 1.807) is 7.05 Å². The molecule has 0 radical (unpaired) electrons. The molecule has 0 heterocycles. The summed E-state index contributed by atoms with van der Waals surface area (Å²) in [4.78, 5) is 11.5. The first-order chi connectivity index (χ1) is 9.12. The first kappa shape index (κ1) is 15.5. The molecule has 0 aromatic heterocycles. The monoisotopic (exact) mass is 314 g/mol. The molecule has 1 unspecified atom stereocenters. The van der Waals surface area contributed by atoms with Gasteiger partial charge in [-0.2, -0.15) is 0 Å². The van der Waals surface area contributed by atoms with Gasteiger partial charge in [-0.25, -0.2) is 4.79 Å². The van der Waals surface area contributed by atoms with E-state index < -0.39 is 9.87 Å². The fourth-order valence-electron chi connectivity index (χ4n) is 2.38. The van der Waals surface area contributed by atoms with E-state index in [1.165, 1.54) is 0 Å². The Morgan fingerprint density at radius 2 is 1.95 bits per heavy atom. The zero-order chi connectivity index (χ0) is 15.2. The first-order valence-corrected chi connectivity index (χ1v) is 7.37. The molecule has 1 aliphatic rings. The smallest absolute Gasteiger partial charge is 0.315 e. The van der Waals surface area contributed by atoms with Gasteiger partial charge in [-0.1, -0.05) is 31.2 Å². The largest absolute Gasteiger partial charge is 0.341 e. The predicted octanol–water partition coefficient (Wildman–Crippen LogP) is 3.69. The highest BCUT2D eigenvalue weighted by Gasteiger charge is 2.63. The van der Waals surface area contributed by atoms with E-state index in [-0.39, 0.29) is 11.4 Å². The van der Waals surface area contributed by atoms with E-state index >= 15 is 0 Å². The van der Waals surface area contributed by atoms with Crippen molar-refractivity contribution < 1.29 is 4.79 Å². The van der Waals surface area contributed by atoms with Gasteiger partial charge in [0.05, 0.1) is 5.54 Å². The van der Waals surface area contributed by atoms with Crippen LogP contribution in [-0.4, -0.2) is 17.4 Å². The number of amides is 2. The zero-order valence-electron chi connectivity index (χ0n) is 12.2. The molecule has 20 heavy (non-hydrogen) atoms. The van der Waals surface area contributed by atoms with Crippen molar-refractivity contribution in [3.63, 3.8) is 0 Å². The molecule has 2 N–H and O–H groups in total. The molecule has 1 aromatic carbocycles. The standard InChI is InChI=1S/C15H20Cl2N2O/c1-13(2,19-12(20)18-4)10-6-5-7-11(8-10)14(3)9-15(14,16)17/h5-8H,9H2,1-4H3,(H2,18,19,20). The number of benzene rings is 1. The lowest BCUT2D eigenvalue weighted by Crippen LogP contribution is -2.45. The predicted molar refractivity (Wildman–Crippen MR) is 83.5 cm³/mol. The molecule has 2 amide bonds. The summed E-state index contributed by atoms with van der Waals surface area (Å²) < 4.78 is -0.690. The first-order valence-electron chi connectivity index (χ1n) is 6.61. The highest BCUT2D eigenvalue weighted by atomic mass is 35.5. The molecule has 1 aromatic rings. The van der Waals surface area contributed by atoms with E-state index in [0.717, 1.165) is 17.5 Å². The molecule has 1 atom stereocenters. The summed E-state index contributed by atoms with van der Waals surface area (Å²) in [6, 6.07) is 7.87. The molecule has 3 nitrogen and oxygen atoms in total. The SMILES string of the molecule is CNC(=O)NC(C)(C)c1cccc(C2(C)CC2(Cl)Cl)c1. The minimum Gasteiger partial charge on any atom is -0.341 e. The van der Waals surface area contributed by atoms with Crippen molar-refractivity contribution in [2.75, 3.05) is 7.05 Å². The Bertz CT molecular complexity index is 542. The quantitative estimate of drug-likeness (QED) is 0.821. The number of hydrogen-bond donors (Lipinski definition) is 2. The third-order valence-corrected chi connectivity index (χ3v) is 5.23. The summed E-state index contributed by atoms with van der Waals surface area (Å²) in [5.74, 6) is 0. The number of carbonyl (C=O) groups excluding carboxylic acids is 1. The second-order valence-corrected chi connectivity index (χ2v) is 7.61. The summed E-state index contributed by atoms with van der Waals surface area (Å²) >= 11 is 12.5. The molecule has 0 bridgehead atoms. The Labute approximate surface area is 130 Å². The minimum absolute atomic E-state index is 0.206. The summed E-state index contributed by atoms with van der Waals surface area (Å²) in [5, 5.41) is 5.49. The van der Waals surface area contributed by atoms with Gasteiger partial charge in [0.1, 0.15) is 4.33 Å². The van der Waals surface area contributed by atoms with Crippen LogP contribution >= 0.6 is 23.2 Å². The van der Waals surface area contributed by atoms with E-state index in [4.69, 9.17) is 23.2 Å². The Morgan fingerprint density at radius 1 is 1.35 bits per heavy atom. The number of alkyl halides is 2. The van der Waals surface area contributed by atoms with Crippen LogP contribution in [0.2, 0.25) is 0 Å². The molecule has 2 rings (SSSR count). The summed E-state index contributed by atoms with van der Waals surface area (Å²) in [5.41, 5.74) is 1.44. The lowest BCUT2D eigenvalue weighted by atomic mass is 9.89. The normalized spacial score (nSPS) is 24.1. The Kier molecular flexibility index (Phi) is 3.72. The molecular formula is C15H20Cl2N2O. The van der Waals surface area contributed by atoms with E-state index in [2.05, 4.69) is 23.6 Å². The average molecular weight is 315 g/mol. The van der Waals surface area contributed by atoms with Crippen LogP contribution in [0, 0.1) is 0 Å². The third kappa shape index (κ3) is 2.61. The lowest BCUT2D eigenvalue weighted by Gasteiger charge is -2.28. The fourth-order valence-corrected chi connectivity index (χ4v) is 3.14. The van der Waals surface area contributed by atoms with Crippen LogP contribution in [0.25, 0.3) is 0 Å². The highest BCUT2D eigenvalue weighted by molar-refractivity contribution is 6.52. The van der Waals surface area contributed by atoms with Crippen LogP contribution in [-0.2, 0) is 11.0 Å². The van der Waals surface area contributed by atoms with Gasteiger partial charge in [0, 0.05) is 12.5 Å². The van der Waals surface area contributed by atoms with E-state index in [9.17, 15) is 4.79 Å². The number of halogens is 2. The summed E-state index contributed by atoms with van der Waals surface area (Å²) in [6.45, 7) is 5.99. The van der Waals surface area contributed by atoms with Crippen LogP contribution < -0.4 is 10.6 Å². The molecular weight excluding hydrogens is 295 g/mol. The van der Waals surface area contributed by atoms with Crippen LogP contribution in [0.3, 0.4) is 0 Å².